The van der Waals surface area contributed by atoms with Crippen LogP contribution in [0.1, 0.15) is 18.9 Å². The Morgan fingerprint density at radius 3 is 2.52 bits per heavy atom. The smallest absolute Gasteiger partial charge is 0.241 e. The van der Waals surface area contributed by atoms with Gasteiger partial charge in [-0.2, -0.15) is 0 Å². The van der Waals surface area contributed by atoms with E-state index in [4.69, 9.17) is 4.74 Å². The molecule has 1 aliphatic heterocycles. The van der Waals surface area contributed by atoms with Gasteiger partial charge in [0.1, 0.15) is 5.75 Å². The average molecular weight is 336 g/mol. The minimum Gasteiger partial charge on any atom is -0.495 e. The Morgan fingerprint density at radius 2 is 1.84 bits per heavy atom. The molecule has 0 aliphatic carbocycles. The molecule has 0 fully saturated rings. The van der Waals surface area contributed by atoms with Crippen molar-refractivity contribution in [3.8, 4) is 5.75 Å². The van der Waals surface area contributed by atoms with Gasteiger partial charge in [0.05, 0.1) is 18.8 Å². The number of hydrogen-bond donors (Lipinski definition) is 1. The van der Waals surface area contributed by atoms with Crippen LogP contribution in [0.5, 0.6) is 5.75 Å². The first-order chi connectivity index (χ1) is 12.2. The zero-order chi connectivity index (χ0) is 17.6. The van der Waals surface area contributed by atoms with Crippen molar-refractivity contribution in [2.24, 2.45) is 0 Å². The van der Waals surface area contributed by atoms with Crippen molar-refractivity contribution < 1.29 is 9.53 Å². The van der Waals surface area contributed by atoms with Gasteiger partial charge in [-0.1, -0.05) is 48.5 Å². The third-order valence-electron chi connectivity index (χ3n) is 4.68. The van der Waals surface area contributed by atoms with E-state index < -0.39 is 0 Å². The summed E-state index contributed by atoms with van der Waals surface area (Å²) in [7, 11) is 1.61. The number of anilines is 1. The maximum absolute atomic E-state index is 12.6. The van der Waals surface area contributed by atoms with E-state index in [0.29, 0.717) is 11.4 Å². The first-order valence-electron chi connectivity index (χ1n) is 8.61. The number of carbonyl (C=O) groups excluding carboxylic acids is 1. The van der Waals surface area contributed by atoms with Crippen LogP contribution in [0.15, 0.2) is 60.7 Å². The number of nitrogens with one attached hydrogen (secondary N) is 1. The minimum absolute atomic E-state index is 0.0129. The van der Waals surface area contributed by atoms with Crippen LogP contribution in [0.4, 0.5) is 5.69 Å². The second-order valence-corrected chi connectivity index (χ2v) is 6.21. The summed E-state index contributed by atoms with van der Waals surface area (Å²) in [4.78, 5) is 14.8. The Balaban J connectivity index is 1.63. The van der Waals surface area contributed by atoms with Crippen LogP contribution in [0.3, 0.4) is 0 Å². The first kappa shape index (κ1) is 17.2. The Kier molecular flexibility index (Phi) is 5.51. The van der Waals surface area contributed by atoms with Crippen LogP contribution in [-0.4, -0.2) is 37.0 Å². The highest BCUT2D eigenvalue weighted by Crippen LogP contribution is 2.25. The molecular weight excluding hydrogens is 312 g/mol. The molecule has 0 spiro atoms. The number of carbonyl (C=O) groups is 1. The lowest BCUT2D eigenvalue weighted by atomic mass is 9.99. The molecule has 1 aliphatic rings. The van der Waals surface area contributed by atoms with Gasteiger partial charge in [-0.15, -0.1) is 0 Å². The number of para-hydroxylation sites is 2. The summed E-state index contributed by atoms with van der Waals surface area (Å²) >= 11 is 0. The lowest BCUT2D eigenvalue weighted by Crippen LogP contribution is -2.44. The summed E-state index contributed by atoms with van der Waals surface area (Å²) < 4.78 is 5.30. The number of hydrogen-bond acceptors (Lipinski definition) is 3. The maximum atomic E-state index is 12.6. The Morgan fingerprint density at radius 1 is 1.12 bits per heavy atom. The topological polar surface area (TPSA) is 41.6 Å². The number of amides is 1. The van der Waals surface area contributed by atoms with E-state index in [9.17, 15) is 4.79 Å². The lowest BCUT2D eigenvalue weighted by molar-refractivity contribution is -0.120. The summed E-state index contributed by atoms with van der Waals surface area (Å²) in [6.45, 7) is 3.61. The number of methoxy groups -OCH3 is 1. The van der Waals surface area contributed by atoms with Crippen molar-refractivity contribution in [1.82, 2.24) is 4.90 Å². The van der Waals surface area contributed by atoms with Gasteiger partial charge in [-0.05, 0) is 36.6 Å². The van der Waals surface area contributed by atoms with E-state index in [1.54, 1.807) is 7.11 Å². The van der Waals surface area contributed by atoms with Crippen LogP contribution in [0.2, 0.25) is 0 Å². The molecule has 0 aromatic heterocycles. The first-order valence-corrected chi connectivity index (χ1v) is 8.61. The molecule has 0 bridgehead atoms. The van der Waals surface area contributed by atoms with E-state index >= 15 is 0 Å². The summed E-state index contributed by atoms with van der Waals surface area (Å²) in [5.41, 5.74) is 3.34. The van der Waals surface area contributed by atoms with Gasteiger partial charge in [0.25, 0.3) is 0 Å². The van der Waals surface area contributed by atoms with Crippen LogP contribution in [-0.2, 0) is 4.79 Å². The van der Waals surface area contributed by atoms with Gasteiger partial charge in [0.2, 0.25) is 5.91 Å². The molecule has 0 saturated heterocycles. The quantitative estimate of drug-likeness (QED) is 0.903. The number of benzene rings is 2. The Bertz CT molecular complexity index is 756. The normalized spacial score (nSPS) is 16.0. The summed E-state index contributed by atoms with van der Waals surface area (Å²) in [5, 5.41) is 2.98. The zero-order valence-electron chi connectivity index (χ0n) is 14.7. The van der Waals surface area contributed by atoms with E-state index in [0.717, 1.165) is 19.5 Å². The molecule has 1 atom stereocenters. The number of rotatable bonds is 5. The van der Waals surface area contributed by atoms with Gasteiger partial charge in [-0.3, -0.25) is 9.69 Å². The van der Waals surface area contributed by atoms with Crippen LogP contribution < -0.4 is 10.1 Å². The molecule has 1 amide bonds. The highest BCUT2D eigenvalue weighted by atomic mass is 16.5. The molecule has 0 radical (unpaired) electrons. The van der Waals surface area contributed by atoms with E-state index in [2.05, 4.69) is 40.6 Å². The molecule has 1 heterocycles. The van der Waals surface area contributed by atoms with Crippen LogP contribution >= 0.6 is 0 Å². The third kappa shape index (κ3) is 4.09. The molecule has 0 unspecified atom stereocenters. The van der Waals surface area contributed by atoms with Crippen molar-refractivity contribution in [3.63, 3.8) is 0 Å². The molecule has 3 rings (SSSR count). The van der Waals surface area contributed by atoms with Crippen molar-refractivity contribution in [3.05, 3.63) is 66.2 Å². The van der Waals surface area contributed by atoms with Gasteiger partial charge < -0.3 is 10.1 Å². The molecule has 1 N–H and O–H groups in total. The zero-order valence-corrected chi connectivity index (χ0v) is 14.7. The van der Waals surface area contributed by atoms with Crippen molar-refractivity contribution in [1.29, 1.82) is 0 Å². The standard InChI is InChI=1S/C21H24N2O2/c1-16(21(24)22-19-10-6-7-11-20(19)25-2)23-14-12-18(13-15-23)17-8-4-3-5-9-17/h3-12,16H,13-15H2,1-2H3,(H,22,24)/t16-/m1/s1. The van der Waals surface area contributed by atoms with E-state index in [1.165, 1.54) is 11.1 Å². The van der Waals surface area contributed by atoms with Crippen molar-refractivity contribution >= 4 is 17.2 Å². The van der Waals surface area contributed by atoms with Crippen molar-refractivity contribution in [2.45, 2.75) is 19.4 Å². The molecule has 4 nitrogen and oxygen atoms in total. The van der Waals surface area contributed by atoms with Gasteiger partial charge >= 0.3 is 0 Å². The SMILES string of the molecule is COc1ccccc1NC(=O)[C@@H](C)N1CC=C(c2ccccc2)CC1. The fourth-order valence-electron chi connectivity index (χ4n) is 3.10. The molecule has 4 heteroatoms. The van der Waals surface area contributed by atoms with Crippen LogP contribution in [0, 0.1) is 0 Å². The summed E-state index contributed by atoms with van der Waals surface area (Å²) in [6.07, 6.45) is 3.18. The largest absolute Gasteiger partial charge is 0.495 e. The Hall–Kier alpha value is -2.59. The molecule has 0 saturated carbocycles. The molecule has 25 heavy (non-hydrogen) atoms. The Labute approximate surface area is 149 Å². The van der Waals surface area contributed by atoms with Crippen LogP contribution in [0.25, 0.3) is 5.57 Å². The predicted molar refractivity (Wildman–Crippen MR) is 102 cm³/mol. The summed E-state index contributed by atoms with van der Waals surface area (Å²) in [5.74, 6) is 0.661. The van der Waals surface area contributed by atoms with E-state index in [-0.39, 0.29) is 11.9 Å². The van der Waals surface area contributed by atoms with Gasteiger partial charge in [0.15, 0.2) is 0 Å². The molecular formula is C21H24N2O2. The maximum Gasteiger partial charge on any atom is 0.241 e. The predicted octanol–water partition coefficient (Wildman–Crippen LogP) is 3.81. The minimum atomic E-state index is -0.196. The highest BCUT2D eigenvalue weighted by Gasteiger charge is 2.24. The summed E-state index contributed by atoms with van der Waals surface area (Å²) in [6, 6.07) is 17.7. The second-order valence-electron chi connectivity index (χ2n) is 6.21. The second kappa shape index (κ2) is 7.99. The fraction of sp³-hybridized carbons (Fsp3) is 0.286. The third-order valence-corrected chi connectivity index (χ3v) is 4.68. The van der Waals surface area contributed by atoms with Gasteiger partial charge in [-0.25, -0.2) is 0 Å². The molecule has 130 valence electrons. The fourth-order valence-corrected chi connectivity index (χ4v) is 3.10. The average Bonchev–Trinajstić information content (AvgIpc) is 2.68. The highest BCUT2D eigenvalue weighted by molar-refractivity contribution is 5.95. The lowest BCUT2D eigenvalue weighted by Gasteiger charge is -2.31. The number of ether oxygens (including phenoxy) is 1. The van der Waals surface area contributed by atoms with Crippen molar-refractivity contribution in [2.75, 3.05) is 25.5 Å². The monoisotopic (exact) mass is 336 g/mol. The number of nitrogens with zero attached hydrogens (tertiary/aromatic N) is 1. The van der Waals surface area contributed by atoms with Gasteiger partial charge in [0, 0.05) is 13.1 Å². The molecule has 2 aromatic carbocycles. The molecule has 2 aromatic rings. The van der Waals surface area contributed by atoms with E-state index in [1.807, 2.05) is 37.3 Å².